The average molecular weight is 496 g/mol. The minimum atomic E-state index is -3.72. The Balaban J connectivity index is 1.61. The van der Waals surface area contributed by atoms with Gasteiger partial charge in [-0.1, -0.05) is 43.7 Å². The molecule has 2 atom stereocenters. The van der Waals surface area contributed by atoms with E-state index in [0.29, 0.717) is 17.4 Å². The third kappa shape index (κ3) is 5.65. The van der Waals surface area contributed by atoms with Gasteiger partial charge in [0.15, 0.2) is 0 Å². The number of nitrogens with zero attached hydrogens (tertiary/aromatic N) is 1. The number of rotatable bonds is 8. The van der Waals surface area contributed by atoms with Crippen LogP contribution in [0.3, 0.4) is 0 Å². The van der Waals surface area contributed by atoms with E-state index in [9.17, 15) is 18.0 Å². The quantitative estimate of drug-likeness (QED) is 0.488. The lowest BCUT2D eigenvalue weighted by Crippen LogP contribution is -2.43. The van der Waals surface area contributed by atoms with Gasteiger partial charge in [0.25, 0.3) is 5.91 Å². The van der Waals surface area contributed by atoms with Gasteiger partial charge < -0.3 is 10.3 Å². The second-order valence-electron chi connectivity index (χ2n) is 9.33. The molecule has 35 heavy (non-hydrogen) atoms. The van der Waals surface area contributed by atoms with Crippen LogP contribution >= 0.6 is 0 Å². The maximum atomic E-state index is 13.5. The molecule has 1 fully saturated rings. The predicted molar refractivity (Wildman–Crippen MR) is 138 cm³/mol. The van der Waals surface area contributed by atoms with Gasteiger partial charge in [-0.3, -0.25) is 9.59 Å². The van der Waals surface area contributed by atoms with Crippen LogP contribution in [0.15, 0.2) is 64.3 Å². The van der Waals surface area contributed by atoms with Crippen LogP contribution in [0.25, 0.3) is 10.9 Å². The smallest absolute Gasteiger partial charge is 0.252 e. The number of H-pyrrole nitrogens is 1. The molecule has 2 N–H and O–H groups in total. The van der Waals surface area contributed by atoms with Gasteiger partial charge >= 0.3 is 0 Å². The van der Waals surface area contributed by atoms with Crippen molar-refractivity contribution >= 4 is 26.8 Å². The predicted octanol–water partition coefficient (Wildman–Crippen LogP) is 4.23. The minimum absolute atomic E-state index is 0.0201. The highest BCUT2D eigenvalue weighted by Gasteiger charge is 2.32. The molecule has 1 aromatic heterocycles. The molecule has 1 saturated heterocycles. The van der Waals surface area contributed by atoms with Gasteiger partial charge in [-0.25, -0.2) is 8.42 Å². The molecule has 2 heterocycles. The van der Waals surface area contributed by atoms with Crippen LogP contribution < -0.4 is 10.9 Å². The molecule has 8 heteroatoms. The number of carbonyl (C=O) groups is 1. The lowest BCUT2D eigenvalue weighted by molar-refractivity contribution is 0.0940. The fourth-order valence-corrected chi connectivity index (χ4v) is 6.61. The summed E-state index contributed by atoms with van der Waals surface area (Å²) in [6.07, 6.45) is 5.03. The summed E-state index contributed by atoms with van der Waals surface area (Å²) in [5.74, 6) is -0.388. The number of amides is 1. The molecule has 0 radical (unpaired) electrons. The van der Waals surface area contributed by atoms with E-state index in [1.807, 2.05) is 44.2 Å². The largest absolute Gasteiger partial charge is 0.350 e. The Morgan fingerprint density at radius 1 is 1.14 bits per heavy atom. The van der Waals surface area contributed by atoms with Crippen molar-refractivity contribution in [2.24, 2.45) is 0 Å². The molecule has 0 saturated carbocycles. The third-order valence-electron chi connectivity index (χ3n) is 6.80. The molecular formula is C27H33N3O4S. The summed E-state index contributed by atoms with van der Waals surface area (Å²) in [5, 5.41) is 3.39. The first kappa shape index (κ1) is 25.1. The van der Waals surface area contributed by atoms with Crippen molar-refractivity contribution < 1.29 is 13.2 Å². The van der Waals surface area contributed by atoms with Gasteiger partial charge in [0, 0.05) is 35.6 Å². The number of aryl methyl sites for hydroxylation is 1. The van der Waals surface area contributed by atoms with Crippen molar-refractivity contribution in [3.8, 4) is 0 Å². The molecule has 0 bridgehead atoms. The summed E-state index contributed by atoms with van der Waals surface area (Å²) in [5.41, 5.74) is 1.40. The Labute approximate surface area is 206 Å². The zero-order valence-electron chi connectivity index (χ0n) is 20.3. The first-order valence-corrected chi connectivity index (χ1v) is 13.8. The van der Waals surface area contributed by atoms with E-state index in [0.717, 1.165) is 38.5 Å². The maximum absolute atomic E-state index is 13.5. The first-order valence-electron chi connectivity index (χ1n) is 12.3. The SMILES string of the molecule is CCC1CCCCN1S(=O)(=O)c1ccc2[nH]c(=O)cc(C(=O)NC(C)CCc3ccccc3)c2c1. The maximum Gasteiger partial charge on any atom is 0.252 e. The average Bonchev–Trinajstić information content (AvgIpc) is 2.87. The number of carbonyl (C=O) groups excluding carboxylic acids is 1. The third-order valence-corrected chi connectivity index (χ3v) is 8.74. The van der Waals surface area contributed by atoms with E-state index in [1.165, 1.54) is 23.8 Å². The molecule has 7 nitrogen and oxygen atoms in total. The standard InChI is InChI=1S/C27H33N3O4S/c1-3-21-11-7-8-16-30(21)35(33,34)22-14-15-25-23(17-22)24(18-26(31)29-25)27(32)28-19(2)12-13-20-9-5-4-6-10-20/h4-6,9-10,14-15,17-19,21H,3,7-8,11-13,16H2,1-2H3,(H,28,32)(H,29,31). The Hall–Kier alpha value is -2.97. The van der Waals surface area contributed by atoms with E-state index in [4.69, 9.17) is 0 Å². The van der Waals surface area contributed by atoms with Crippen LogP contribution in [0, 0.1) is 0 Å². The van der Waals surface area contributed by atoms with E-state index < -0.39 is 15.6 Å². The van der Waals surface area contributed by atoms with Crippen LogP contribution in [0.5, 0.6) is 0 Å². The number of hydrogen-bond donors (Lipinski definition) is 2. The van der Waals surface area contributed by atoms with Crippen LogP contribution in [-0.4, -0.2) is 42.2 Å². The second kappa shape index (κ2) is 10.7. The molecule has 2 unspecified atom stereocenters. The number of sulfonamides is 1. The zero-order valence-corrected chi connectivity index (χ0v) is 21.1. The highest BCUT2D eigenvalue weighted by atomic mass is 32.2. The molecular weight excluding hydrogens is 462 g/mol. The van der Waals surface area contributed by atoms with Crippen LogP contribution in [0.2, 0.25) is 0 Å². The van der Waals surface area contributed by atoms with Crippen molar-refractivity contribution in [2.45, 2.75) is 69.4 Å². The highest BCUT2D eigenvalue weighted by Crippen LogP contribution is 2.29. The molecule has 1 aliphatic heterocycles. The normalized spacial score (nSPS) is 17.8. The monoisotopic (exact) mass is 495 g/mol. The van der Waals surface area contributed by atoms with Crippen molar-refractivity contribution in [1.82, 2.24) is 14.6 Å². The van der Waals surface area contributed by atoms with Crippen molar-refractivity contribution in [3.05, 3.63) is 76.1 Å². The summed E-state index contributed by atoms with van der Waals surface area (Å²) in [6.45, 7) is 4.43. The molecule has 2 aromatic carbocycles. The second-order valence-corrected chi connectivity index (χ2v) is 11.2. The summed E-state index contributed by atoms with van der Waals surface area (Å²) < 4.78 is 28.6. The fraction of sp³-hybridized carbons (Fsp3) is 0.407. The molecule has 1 amide bonds. The minimum Gasteiger partial charge on any atom is -0.350 e. The zero-order chi connectivity index (χ0) is 25.0. The Bertz CT molecular complexity index is 1350. The molecule has 4 rings (SSSR count). The number of benzene rings is 2. The number of pyridine rings is 1. The Morgan fingerprint density at radius 2 is 1.91 bits per heavy atom. The number of nitrogens with one attached hydrogen (secondary N) is 2. The van der Waals surface area contributed by atoms with Crippen LogP contribution in [-0.2, 0) is 16.4 Å². The fourth-order valence-electron chi connectivity index (χ4n) is 4.82. The number of fused-ring (bicyclic) bond motifs is 1. The summed E-state index contributed by atoms with van der Waals surface area (Å²) in [4.78, 5) is 28.3. The van der Waals surface area contributed by atoms with Crippen LogP contribution in [0.4, 0.5) is 0 Å². The van der Waals surface area contributed by atoms with Crippen molar-refractivity contribution in [1.29, 1.82) is 0 Å². The molecule has 186 valence electrons. The summed E-state index contributed by atoms with van der Waals surface area (Å²) in [6, 6.07) is 15.7. The van der Waals surface area contributed by atoms with E-state index in [-0.39, 0.29) is 28.4 Å². The van der Waals surface area contributed by atoms with Crippen LogP contribution in [0.1, 0.15) is 61.9 Å². The summed E-state index contributed by atoms with van der Waals surface area (Å²) >= 11 is 0. The molecule has 0 aliphatic carbocycles. The van der Waals surface area contributed by atoms with Gasteiger partial charge in [-0.05, 0) is 62.8 Å². The Morgan fingerprint density at radius 3 is 2.66 bits per heavy atom. The number of piperidine rings is 1. The van der Waals surface area contributed by atoms with Crippen molar-refractivity contribution in [3.63, 3.8) is 0 Å². The number of aromatic amines is 1. The number of aromatic nitrogens is 1. The lowest BCUT2D eigenvalue weighted by Gasteiger charge is -2.34. The van der Waals surface area contributed by atoms with E-state index >= 15 is 0 Å². The molecule has 1 aliphatic rings. The van der Waals surface area contributed by atoms with E-state index in [2.05, 4.69) is 10.3 Å². The number of hydrogen-bond acceptors (Lipinski definition) is 4. The molecule has 0 spiro atoms. The Kier molecular flexibility index (Phi) is 7.72. The van der Waals surface area contributed by atoms with Crippen molar-refractivity contribution in [2.75, 3.05) is 6.54 Å². The topological polar surface area (TPSA) is 99.3 Å². The van der Waals surface area contributed by atoms with E-state index in [1.54, 1.807) is 10.4 Å². The van der Waals surface area contributed by atoms with Gasteiger partial charge in [0.05, 0.1) is 10.5 Å². The summed E-state index contributed by atoms with van der Waals surface area (Å²) in [7, 11) is -3.72. The van der Waals surface area contributed by atoms with Gasteiger partial charge in [0.2, 0.25) is 15.6 Å². The lowest BCUT2D eigenvalue weighted by atomic mass is 10.0. The van der Waals surface area contributed by atoms with Gasteiger partial charge in [-0.15, -0.1) is 0 Å². The highest BCUT2D eigenvalue weighted by molar-refractivity contribution is 7.89. The van der Waals surface area contributed by atoms with Gasteiger partial charge in [-0.2, -0.15) is 4.31 Å². The first-order chi connectivity index (χ1) is 16.8. The molecule has 3 aromatic rings. The van der Waals surface area contributed by atoms with Gasteiger partial charge in [0.1, 0.15) is 0 Å².